The van der Waals surface area contributed by atoms with Crippen molar-refractivity contribution in [2.45, 2.75) is 13.8 Å². The second kappa shape index (κ2) is 5.34. The smallest absolute Gasteiger partial charge is 0.335 e. The Labute approximate surface area is 99.0 Å². The fourth-order valence-corrected chi connectivity index (χ4v) is 1.11. The van der Waals surface area contributed by atoms with Crippen LogP contribution in [0.4, 0.5) is 0 Å². The summed E-state index contributed by atoms with van der Waals surface area (Å²) in [7, 11) is 1.38. The zero-order chi connectivity index (χ0) is 13.0. The lowest BCUT2D eigenvalue weighted by Gasteiger charge is -2.11. The normalized spacial score (nSPS) is 10.1. The molecule has 5 nitrogen and oxygen atoms in total. The first-order valence-electron chi connectivity index (χ1n) is 5.08. The Morgan fingerprint density at radius 3 is 2.35 bits per heavy atom. The summed E-state index contributed by atoms with van der Waals surface area (Å²) >= 11 is 0. The van der Waals surface area contributed by atoms with E-state index in [9.17, 15) is 9.59 Å². The van der Waals surface area contributed by atoms with Gasteiger partial charge in [0.15, 0.2) is 11.5 Å². The van der Waals surface area contributed by atoms with E-state index in [1.54, 1.807) is 13.8 Å². The maximum absolute atomic E-state index is 11.4. The Morgan fingerprint density at radius 2 is 1.88 bits per heavy atom. The number of aromatic carboxylic acids is 1. The van der Waals surface area contributed by atoms with Crippen molar-refractivity contribution >= 4 is 11.9 Å². The highest BCUT2D eigenvalue weighted by Gasteiger charge is 2.15. The van der Waals surface area contributed by atoms with E-state index in [2.05, 4.69) is 0 Å². The molecule has 0 radical (unpaired) electrons. The molecule has 0 aliphatic rings. The Kier molecular flexibility index (Phi) is 4.09. The molecule has 1 aromatic rings. The van der Waals surface area contributed by atoms with Crippen molar-refractivity contribution in [3.05, 3.63) is 23.8 Å². The monoisotopic (exact) mass is 238 g/mol. The minimum Gasteiger partial charge on any atom is -0.493 e. The lowest BCUT2D eigenvalue weighted by atomic mass is 10.2. The Morgan fingerprint density at radius 1 is 1.24 bits per heavy atom. The Bertz CT molecular complexity index is 437. The van der Waals surface area contributed by atoms with Crippen LogP contribution < -0.4 is 9.47 Å². The number of rotatable bonds is 4. The van der Waals surface area contributed by atoms with Gasteiger partial charge in [0.1, 0.15) is 0 Å². The molecule has 0 aromatic heterocycles. The quantitative estimate of drug-likeness (QED) is 0.641. The van der Waals surface area contributed by atoms with Crippen molar-refractivity contribution in [3.8, 4) is 11.5 Å². The van der Waals surface area contributed by atoms with E-state index in [0.717, 1.165) is 0 Å². The van der Waals surface area contributed by atoms with Crippen molar-refractivity contribution in [1.29, 1.82) is 0 Å². The molecule has 17 heavy (non-hydrogen) atoms. The van der Waals surface area contributed by atoms with Crippen molar-refractivity contribution in [2.75, 3.05) is 7.11 Å². The van der Waals surface area contributed by atoms with Crippen LogP contribution in [-0.2, 0) is 4.79 Å². The number of ether oxygens (including phenoxy) is 2. The number of benzene rings is 1. The molecule has 0 amide bonds. The molecule has 0 saturated heterocycles. The number of carbonyl (C=O) groups excluding carboxylic acids is 1. The fraction of sp³-hybridized carbons (Fsp3) is 0.333. The highest BCUT2D eigenvalue weighted by atomic mass is 16.6. The van der Waals surface area contributed by atoms with Gasteiger partial charge in [-0.2, -0.15) is 0 Å². The van der Waals surface area contributed by atoms with Gasteiger partial charge in [-0.05, 0) is 18.2 Å². The highest BCUT2D eigenvalue weighted by Crippen LogP contribution is 2.28. The molecule has 0 bridgehead atoms. The first-order valence-corrected chi connectivity index (χ1v) is 5.08. The van der Waals surface area contributed by atoms with Crippen LogP contribution in [0.1, 0.15) is 24.2 Å². The van der Waals surface area contributed by atoms with E-state index in [1.165, 1.54) is 25.3 Å². The third kappa shape index (κ3) is 3.21. The van der Waals surface area contributed by atoms with Gasteiger partial charge in [0.25, 0.3) is 0 Å². The Balaban J connectivity index is 3.01. The van der Waals surface area contributed by atoms with Crippen LogP contribution in [-0.4, -0.2) is 24.2 Å². The van der Waals surface area contributed by atoms with Crippen LogP contribution in [0.5, 0.6) is 11.5 Å². The maximum atomic E-state index is 11.4. The first-order chi connectivity index (χ1) is 7.95. The highest BCUT2D eigenvalue weighted by molar-refractivity contribution is 5.88. The number of hydrogen-bond acceptors (Lipinski definition) is 4. The molecule has 0 atom stereocenters. The lowest BCUT2D eigenvalue weighted by Crippen LogP contribution is -2.15. The maximum Gasteiger partial charge on any atom is 0.335 e. The van der Waals surface area contributed by atoms with E-state index in [0.29, 0.717) is 0 Å². The van der Waals surface area contributed by atoms with Gasteiger partial charge in [-0.3, -0.25) is 4.79 Å². The number of carboxylic acids is 1. The van der Waals surface area contributed by atoms with Crippen molar-refractivity contribution in [2.24, 2.45) is 5.92 Å². The molecule has 0 aliphatic heterocycles. The van der Waals surface area contributed by atoms with Gasteiger partial charge in [-0.1, -0.05) is 13.8 Å². The molecular formula is C12H14O5. The average molecular weight is 238 g/mol. The summed E-state index contributed by atoms with van der Waals surface area (Å²) in [5, 5.41) is 8.80. The summed E-state index contributed by atoms with van der Waals surface area (Å²) in [5.74, 6) is -1.29. The third-order valence-corrected chi connectivity index (χ3v) is 2.09. The molecule has 1 rings (SSSR count). The van der Waals surface area contributed by atoms with Crippen molar-refractivity contribution in [1.82, 2.24) is 0 Å². The Hall–Kier alpha value is -2.04. The van der Waals surface area contributed by atoms with Gasteiger partial charge >= 0.3 is 11.9 Å². The van der Waals surface area contributed by atoms with Crippen LogP contribution in [0.2, 0.25) is 0 Å². The zero-order valence-electron chi connectivity index (χ0n) is 9.89. The largest absolute Gasteiger partial charge is 0.493 e. The van der Waals surface area contributed by atoms with Gasteiger partial charge in [-0.15, -0.1) is 0 Å². The molecule has 0 fully saturated rings. The summed E-state index contributed by atoms with van der Waals surface area (Å²) in [5.41, 5.74) is 0.0752. The summed E-state index contributed by atoms with van der Waals surface area (Å²) in [6.45, 7) is 3.42. The molecule has 0 unspecified atom stereocenters. The second-order valence-electron chi connectivity index (χ2n) is 3.75. The predicted octanol–water partition coefficient (Wildman–Crippen LogP) is 1.95. The second-order valence-corrected chi connectivity index (χ2v) is 3.75. The number of carbonyl (C=O) groups is 2. The molecule has 0 saturated carbocycles. The van der Waals surface area contributed by atoms with Gasteiger partial charge in [0.05, 0.1) is 18.6 Å². The fourth-order valence-electron chi connectivity index (χ4n) is 1.11. The van der Waals surface area contributed by atoms with Crippen LogP contribution >= 0.6 is 0 Å². The molecule has 0 heterocycles. The molecule has 5 heteroatoms. The minimum absolute atomic E-state index is 0.0752. The molecule has 0 spiro atoms. The van der Waals surface area contributed by atoms with Gasteiger partial charge in [0.2, 0.25) is 0 Å². The van der Waals surface area contributed by atoms with Crippen LogP contribution in [0.3, 0.4) is 0 Å². The number of methoxy groups -OCH3 is 1. The number of esters is 1. The molecule has 1 N–H and O–H groups in total. The summed E-state index contributed by atoms with van der Waals surface area (Å²) in [6, 6.07) is 4.07. The van der Waals surface area contributed by atoms with Crippen molar-refractivity contribution < 1.29 is 24.2 Å². The van der Waals surface area contributed by atoms with Gasteiger partial charge in [-0.25, -0.2) is 4.79 Å². The topological polar surface area (TPSA) is 72.8 Å². The average Bonchev–Trinajstić information content (AvgIpc) is 2.28. The van der Waals surface area contributed by atoms with E-state index in [-0.39, 0.29) is 23.0 Å². The van der Waals surface area contributed by atoms with E-state index >= 15 is 0 Å². The van der Waals surface area contributed by atoms with Crippen molar-refractivity contribution in [3.63, 3.8) is 0 Å². The number of carboxylic acid groups (broad SMARTS) is 1. The van der Waals surface area contributed by atoms with E-state index in [1.807, 2.05) is 0 Å². The molecular weight excluding hydrogens is 224 g/mol. The standard InChI is InChI=1S/C12H14O5/c1-7(2)12(15)17-9-5-4-8(11(13)14)6-10(9)16-3/h4-7H,1-3H3,(H,13,14). The van der Waals surface area contributed by atoms with E-state index in [4.69, 9.17) is 14.6 Å². The van der Waals surface area contributed by atoms with E-state index < -0.39 is 11.9 Å². The summed E-state index contributed by atoms with van der Waals surface area (Å²) < 4.78 is 10.1. The van der Waals surface area contributed by atoms with Gasteiger partial charge in [0, 0.05) is 0 Å². The predicted molar refractivity (Wildman–Crippen MR) is 60.4 cm³/mol. The summed E-state index contributed by atoms with van der Waals surface area (Å²) in [4.78, 5) is 22.2. The third-order valence-electron chi connectivity index (χ3n) is 2.09. The lowest BCUT2D eigenvalue weighted by molar-refractivity contribution is -0.137. The molecule has 0 aliphatic carbocycles. The van der Waals surface area contributed by atoms with Gasteiger partial charge < -0.3 is 14.6 Å². The summed E-state index contributed by atoms with van der Waals surface area (Å²) in [6.07, 6.45) is 0. The zero-order valence-corrected chi connectivity index (χ0v) is 9.89. The first kappa shape index (κ1) is 13.0. The molecule has 92 valence electrons. The van der Waals surface area contributed by atoms with Crippen LogP contribution in [0.15, 0.2) is 18.2 Å². The number of hydrogen-bond donors (Lipinski definition) is 1. The SMILES string of the molecule is COc1cc(C(=O)O)ccc1OC(=O)C(C)C. The minimum atomic E-state index is -1.06. The van der Waals surface area contributed by atoms with Crippen LogP contribution in [0, 0.1) is 5.92 Å². The van der Waals surface area contributed by atoms with Crippen LogP contribution in [0.25, 0.3) is 0 Å². The molecule has 1 aromatic carbocycles.